The lowest BCUT2D eigenvalue weighted by Gasteiger charge is -2.26. The van der Waals surface area contributed by atoms with E-state index < -0.39 is 0 Å². The van der Waals surface area contributed by atoms with Gasteiger partial charge in [0.1, 0.15) is 5.75 Å². The molecular formula is C17H29NO. The predicted octanol–water partition coefficient (Wildman–Crippen LogP) is 4.04. The molecule has 19 heavy (non-hydrogen) atoms. The van der Waals surface area contributed by atoms with Crippen LogP contribution in [0.1, 0.15) is 46.1 Å². The number of benzene rings is 1. The van der Waals surface area contributed by atoms with Crippen LogP contribution in [-0.2, 0) is 6.42 Å². The fourth-order valence-corrected chi connectivity index (χ4v) is 2.84. The van der Waals surface area contributed by atoms with Crippen molar-refractivity contribution in [3.05, 3.63) is 29.8 Å². The second-order valence-corrected chi connectivity index (χ2v) is 5.45. The van der Waals surface area contributed by atoms with Gasteiger partial charge in [-0.25, -0.2) is 0 Å². The van der Waals surface area contributed by atoms with Gasteiger partial charge >= 0.3 is 0 Å². The Balaban J connectivity index is 2.57. The first-order valence-electron chi connectivity index (χ1n) is 7.50. The van der Waals surface area contributed by atoms with Crippen LogP contribution in [0.5, 0.6) is 5.75 Å². The summed E-state index contributed by atoms with van der Waals surface area (Å²) in [5.41, 5.74) is 1.28. The zero-order valence-electron chi connectivity index (χ0n) is 13.1. The minimum Gasteiger partial charge on any atom is -0.496 e. The van der Waals surface area contributed by atoms with Crippen molar-refractivity contribution in [3.63, 3.8) is 0 Å². The monoisotopic (exact) mass is 263 g/mol. The van der Waals surface area contributed by atoms with E-state index in [0.29, 0.717) is 12.1 Å². The number of hydrogen-bond acceptors (Lipinski definition) is 2. The molecule has 0 aromatic heterocycles. The molecule has 0 fully saturated rings. The van der Waals surface area contributed by atoms with Crippen molar-refractivity contribution < 1.29 is 4.74 Å². The molecule has 1 rings (SSSR count). The molecule has 2 unspecified atom stereocenters. The molecule has 0 bridgehead atoms. The summed E-state index contributed by atoms with van der Waals surface area (Å²) in [6.07, 6.45) is 3.49. The lowest BCUT2D eigenvalue weighted by molar-refractivity contribution is 0.325. The normalized spacial score (nSPS) is 14.4. The van der Waals surface area contributed by atoms with E-state index in [4.69, 9.17) is 4.74 Å². The third-order valence-electron chi connectivity index (χ3n) is 4.02. The second kappa shape index (κ2) is 8.21. The Hall–Kier alpha value is -1.02. The summed E-state index contributed by atoms with van der Waals surface area (Å²) in [5.74, 6) is 1.76. The highest BCUT2D eigenvalue weighted by atomic mass is 16.5. The molecule has 0 saturated carbocycles. The van der Waals surface area contributed by atoms with E-state index >= 15 is 0 Å². The summed E-state index contributed by atoms with van der Waals surface area (Å²) in [7, 11) is 1.74. The minimum absolute atomic E-state index is 0.465. The maximum Gasteiger partial charge on any atom is 0.122 e. The van der Waals surface area contributed by atoms with Crippen molar-refractivity contribution in [1.82, 2.24) is 5.32 Å². The van der Waals surface area contributed by atoms with Gasteiger partial charge in [0.25, 0.3) is 0 Å². The van der Waals surface area contributed by atoms with Crippen LogP contribution in [-0.4, -0.2) is 19.2 Å². The van der Waals surface area contributed by atoms with Gasteiger partial charge in [0.2, 0.25) is 0 Å². The molecule has 0 aliphatic rings. The zero-order chi connectivity index (χ0) is 14.3. The van der Waals surface area contributed by atoms with Gasteiger partial charge in [0.05, 0.1) is 7.11 Å². The third-order valence-corrected chi connectivity index (χ3v) is 4.02. The topological polar surface area (TPSA) is 21.3 Å². The fourth-order valence-electron chi connectivity index (χ4n) is 2.84. The summed E-state index contributed by atoms with van der Waals surface area (Å²) in [5, 5.41) is 3.73. The highest BCUT2D eigenvalue weighted by molar-refractivity contribution is 5.33. The maximum absolute atomic E-state index is 5.41. The third kappa shape index (κ3) is 4.87. The van der Waals surface area contributed by atoms with E-state index in [2.05, 4.69) is 45.1 Å². The molecule has 1 aromatic rings. The molecule has 108 valence electrons. The highest BCUT2D eigenvalue weighted by Crippen LogP contribution is 2.20. The maximum atomic E-state index is 5.41. The first-order chi connectivity index (χ1) is 9.12. The molecular weight excluding hydrogens is 234 g/mol. The van der Waals surface area contributed by atoms with Crippen LogP contribution in [0.4, 0.5) is 0 Å². The van der Waals surface area contributed by atoms with Crippen molar-refractivity contribution in [2.45, 2.75) is 59.0 Å². The van der Waals surface area contributed by atoms with Gasteiger partial charge in [-0.15, -0.1) is 0 Å². The zero-order valence-corrected chi connectivity index (χ0v) is 13.1. The van der Waals surface area contributed by atoms with Crippen LogP contribution in [0.25, 0.3) is 0 Å². The van der Waals surface area contributed by atoms with E-state index in [1.807, 2.05) is 12.1 Å². The van der Waals surface area contributed by atoms with E-state index in [1.165, 1.54) is 18.4 Å². The average molecular weight is 263 g/mol. The molecule has 0 amide bonds. The summed E-state index contributed by atoms with van der Waals surface area (Å²) in [6, 6.07) is 9.32. The van der Waals surface area contributed by atoms with Crippen LogP contribution in [0.2, 0.25) is 0 Å². The Morgan fingerprint density at radius 1 is 1.11 bits per heavy atom. The molecule has 2 nitrogen and oxygen atoms in total. The molecule has 2 heteroatoms. The standard InChI is InChI=1S/C17H29NO/c1-6-15(7-2)14(4)18-13(3)12-16-10-8-9-11-17(16)19-5/h8-11,13-15,18H,6-7,12H2,1-5H3. The van der Waals surface area contributed by atoms with Crippen molar-refractivity contribution in [2.75, 3.05) is 7.11 Å². The van der Waals surface area contributed by atoms with Crippen molar-refractivity contribution in [1.29, 1.82) is 0 Å². The molecule has 0 spiro atoms. The van der Waals surface area contributed by atoms with E-state index in [-0.39, 0.29) is 0 Å². The number of para-hydroxylation sites is 1. The molecule has 0 aliphatic heterocycles. The van der Waals surface area contributed by atoms with Gasteiger partial charge in [-0.2, -0.15) is 0 Å². The quantitative estimate of drug-likeness (QED) is 0.764. The number of methoxy groups -OCH3 is 1. The van der Waals surface area contributed by atoms with Crippen LogP contribution < -0.4 is 10.1 Å². The van der Waals surface area contributed by atoms with E-state index in [9.17, 15) is 0 Å². The smallest absolute Gasteiger partial charge is 0.122 e. The largest absolute Gasteiger partial charge is 0.496 e. The summed E-state index contributed by atoms with van der Waals surface area (Å²) >= 11 is 0. The minimum atomic E-state index is 0.465. The van der Waals surface area contributed by atoms with Crippen molar-refractivity contribution in [2.24, 2.45) is 5.92 Å². The number of rotatable bonds is 8. The molecule has 1 aromatic carbocycles. The van der Waals surface area contributed by atoms with Gasteiger partial charge in [0, 0.05) is 12.1 Å². The van der Waals surface area contributed by atoms with Crippen LogP contribution in [0.3, 0.4) is 0 Å². The van der Waals surface area contributed by atoms with Crippen molar-refractivity contribution in [3.8, 4) is 5.75 Å². The Morgan fingerprint density at radius 3 is 2.32 bits per heavy atom. The molecule has 0 aliphatic carbocycles. The molecule has 0 saturated heterocycles. The lowest BCUT2D eigenvalue weighted by Crippen LogP contribution is -2.40. The van der Waals surface area contributed by atoms with Gasteiger partial charge in [0.15, 0.2) is 0 Å². The van der Waals surface area contributed by atoms with E-state index in [1.54, 1.807) is 7.11 Å². The Labute approximate surface area is 118 Å². The van der Waals surface area contributed by atoms with Crippen LogP contribution >= 0.6 is 0 Å². The predicted molar refractivity (Wildman–Crippen MR) is 82.8 cm³/mol. The molecule has 0 radical (unpaired) electrons. The van der Waals surface area contributed by atoms with Crippen LogP contribution in [0.15, 0.2) is 24.3 Å². The Bertz CT molecular complexity index is 360. The Morgan fingerprint density at radius 2 is 1.74 bits per heavy atom. The van der Waals surface area contributed by atoms with Gasteiger partial charge in [-0.3, -0.25) is 0 Å². The first kappa shape index (κ1) is 16.0. The highest BCUT2D eigenvalue weighted by Gasteiger charge is 2.16. The van der Waals surface area contributed by atoms with Crippen molar-refractivity contribution >= 4 is 0 Å². The first-order valence-corrected chi connectivity index (χ1v) is 7.50. The van der Waals surface area contributed by atoms with Crippen LogP contribution in [0, 0.1) is 5.92 Å². The summed E-state index contributed by atoms with van der Waals surface area (Å²) in [4.78, 5) is 0. The molecule has 2 atom stereocenters. The fraction of sp³-hybridized carbons (Fsp3) is 0.647. The summed E-state index contributed by atoms with van der Waals surface area (Å²) in [6.45, 7) is 9.11. The SMILES string of the molecule is CCC(CC)C(C)NC(C)Cc1ccccc1OC. The number of nitrogens with one attached hydrogen (secondary N) is 1. The van der Waals surface area contributed by atoms with Gasteiger partial charge in [-0.05, 0) is 37.8 Å². The van der Waals surface area contributed by atoms with Gasteiger partial charge in [-0.1, -0.05) is 44.9 Å². The van der Waals surface area contributed by atoms with E-state index in [0.717, 1.165) is 18.1 Å². The van der Waals surface area contributed by atoms with Gasteiger partial charge < -0.3 is 10.1 Å². The lowest BCUT2D eigenvalue weighted by atomic mass is 9.94. The second-order valence-electron chi connectivity index (χ2n) is 5.45. The Kier molecular flexibility index (Phi) is 6.93. The number of ether oxygens (including phenoxy) is 1. The molecule has 1 N–H and O–H groups in total. The summed E-state index contributed by atoms with van der Waals surface area (Å²) < 4.78 is 5.41. The number of hydrogen-bond donors (Lipinski definition) is 1. The average Bonchev–Trinajstić information content (AvgIpc) is 2.40. The molecule has 0 heterocycles.